The molecule has 3 aromatic rings. The van der Waals surface area contributed by atoms with Gasteiger partial charge < -0.3 is 15.4 Å². The fourth-order valence-corrected chi connectivity index (χ4v) is 5.03. The summed E-state index contributed by atoms with van der Waals surface area (Å²) in [6.07, 6.45) is 2.22. The molecule has 7 nitrogen and oxygen atoms in total. The number of anilines is 2. The molecule has 8 heteroatoms. The van der Waals surface area contributed by atoms with Gasteiger partial charge >= 0.3 is 0 Å². The summed E-state index contributed by atoms with van der Waals surface area (Å²) >= 11 is 1.64. The molecule has 1 amide bonds. The van der Waals surface area contributed by atoms with Gasteiger partial charge in [-0.2, -0.15) is 4.98 Å². The number of amides is 1. The van der Waals surface area contributed by atoms with E-state index in [0.717, 1.165) is 52.4 Å². The molecule has 1 aliphatic heterocycles. The van der Waals surface area contributed by atoms with Gasteiger partial charge in [-0.1, -0.05) is 49.4 Å². The van der Waals surface area contributed by atoms with E-state index in [9.17, 15) is 4.79 Å². The fourth-order valence-electron chi connectivity index (χ4n) is 4.12. The molecule has 1 aromatic heterocycles. The molecule has 0 bridgehead atoms. The van der Waals surface area contributed by atoms with Crippen molar-refractivity contribution in [1.82, 2.24) is 14.8 Å². The third-order valence-electron chi connectivity index (χ3n) is 6.14. The molecule has 2 aromatic carbocycles. The van der Waals surface area contributed by atoms with Crippen LogP contribution < -0.4 is 15.4 Å². The Balaban J connectivity index is 1.76. The van der Waals surface area contributed by atoms with Gasteiger partial charge in [-0.3, -0.25) is 4.79 Å². The molecule has 1 unspecified atom stereocenters. The predicted molar refractivity (Wildman–Crippen MR) is 142 cm³/mol. The SMILES string of the molecule is CCCCSc1nc2n(n1)C(c1cccc(OCC)c1)C(C(=O)Nc1cccc(C)c1C)=C(C)N2. The highest BCUT2D eigenvalue weighted by Crippen LogP contribution is 2.38. The first kappa shape index (κ1) is 24.9. The zero-order valence-corrected chi connectivity index (χ0v) is 21.8. The number of fused-ring (bicyclic) bond motifs is 1. The first-order chi connectivity index (χ1) is 16.9. The highest BCUT2D eigenvalue weighted by atomic mass is 32.2. The van der Waals surface area contributed by atoms with Crippen LogP contribution in [0.4, 0.5) is 11.6 Å². The number of unbranched alkanes of at least 4 members (excludes halogenated alkanes) is 1. The van der Waals surface area contributed by atoms with Crippen molar-refractivity contribution < 1.29 is 9.53 Å². The van der Waals surface area contributed by atoms with E-state index in [1.165, 1.54) is 0 Å². The Kier molecular flexibility index (Phi) is 7.80. The van der Waals surface area contributed by atoms with Crippen LogP contribution in [0, 0.1) is 13.8 Å². The number of aryl methyl sites for hydroxylation is 1. The van der Waals surface area contributed by atoms with Gasteiger partial charge in [0.15, 0.2) is 0 Å². The first-order valence-electron chi connectivity index (χ1n) is 12.1. The quantitative estimate of drug-likeness (QED) is 0.277. The van der Waals surface area contributed by atoms with Crippen LogP contribution in [0.5, 0.6) is 5.75 Å². The number of nitrogens with zero attached hydrogens (tertiary/aromatic N) is 3. The van der Waals surface area contributed by atoms with Crippen LogP contribution in [0.25, 0.3) is 0 Å². The number of aromatic nitrogens is 3. The molecule has 184 valence electrons. The number of carbonyl (C=O) groups is 1. The summed E-state index contributed by atoms with van der Waals surface area (Å²) in [7, 11) is 0. The fraction of sp³-hybridized carbons (Fsp3) is 0.370. The van der Waals surface area contributed by atoms with Crippen LogP contribution in [0.2, 0.25) is 0 Å². The van der Waals surface area contributed by atoms with Gasteiger partial charge in [-0.05, 0) is 69.0 Å². The molecule has 2 N–H and O–H groups in total. The molecular formula is C27H33N5O2S. The molecule has 4 rings (SSSR count). The van der Waals surface area contributed by atoms with Crippen molar-refractivity contribution in [2.24, 2.45) is 0 Å². The molecule has 0 saturated carbocycles. The number of carbonyl (C=O) groups excluding carboxylic acids is 1. The maximum atomic E-state index is 13.8. The minimum absolute atomic E-state index is 0.170. The number of hydrogen-bond acceptors (Lipinski definition) is 6. The third-order valence-corrected chi connectivity index (χ3v) is 7.07. The first-order valence-corrected chi connectivity index (χ1v) is 13.1. The van der Waals surface area contributed by atoms with Crippen molar-refractivity contribution in [2.75, 3.05) is 23.0 Å². The second-order valence-electron chi connectivity index (χ2n) is 8.64. The Morgan fingerprint density at radius 3 is 2.74 bits per heavy atom. The number of rotatable bonds is 9. The van der Waals surface area contributed by atoms with E-state index in [2.05, 4.69) is 17.6 Å². The lowest BCUT2D eigenvalue weighted by molar-refractivity contribution is -0.113. The molecular weight excluding hydrogens is 458 g/mol. The van der Waals surface area contributed by atoms with Gasteiger partial charge in [-0.25, -0.2) is 4.68 Å². The molecule has 1 aliphatic rings. The van der Waals surface area contributed by atoms with Crippen molar-refractivity contribution in [3.8, 4) is 5.75 Å². The maximum absolute atomic E-state index is 13.8. The van der Waals surface area contributed by atoms with Crippen molar-refractivity contribution >= 4 is 29.3 Å². The lowest BCUT2D eigenvalue weighted by Crippen LogP contribution is -2.31. The molecule has 0 aliphatic carbocycles. The van der Waals surface area contributed by atoms with E-state index < -0.39 is 6.04 Å². The monoisotopic (exact) mass is 491 g/mol. The number of thioether (sulfide) groups is 1. The largest absolute Gasteiger partial charge is 0.494 e. The van der Waals surface area contributed by atoms with E-state index in [1.54, 1.807) is 11.8 Å². The van der Waals surface area contributed by atoms with Crippen molar-refractivity contribution in [3.05, 3.63) is 70.4 Å². The number of allylic oxidation sites excluding steroid dienone is 1. The number of ether oxygens (including phenoxy) is 1. The Hall–Kier alpha value is -3.26. The summed E-state index contributed by atoms with van der Waals surface area (Å²) in [4.78, 5) is 18.5. The molecule has 0 radical (unpaired) electrons. The number of nitrogens with one attached hydrogen (secondary N) is 2. The summed E-state index contributed by atoms with van der Waals surface area (Å²) < 4.78 is 7.59. The van der Waals surface area contributed by atoms with Crippen LogP contribution in [0.3, 0.4) is 0 Å². The Labute approximate surface area is 211 Å². The Morgan fingerprint density at radius 2 is 1.97 bits per heavy atom. The zero-order chi connectivity index (χ0) is 24.9. The summed E-state index contributed by atoms with van der Waals surface area (Å²) in [6.45, 7) is 10.7. The average molecular weight is 492 g/mol. The summed E-state index contributed by atoms with van der Waals surface area (Å²) in [5, 5.41) is 12.0. The van der Waals surface area contributed by atoms with Gasteiger partial charge in [0.05, 0.1) is 12.2 Å². The Morgan fingerprint density at radius 1 is 1.17 bits per heavy atom. The molecule has 0 fully saturated rings. The van der Waals surface area contributed by atoms with E-state index in [1.807, 2.05) is 74.8 Å². The van der Waals surface area contributed by atoms with E-state index in [-0.39, 0.29) is 5.91 Å². The van der Waals surface area contributed by atoms with Gasteiger partial charge in [0.2, 0.25) is 11.1 Å². The number of hydrogen-bond donors (Lipinski definition) is 2. The van der Waals surface area contributed by atoms with Crippen LogP contribution >= 0.6 is 11.8 Å². The van der Waals surface area contributed by atoms with Crippen LogP contribution in [-0.4, -0.2) is 33.0 Å². The van der Waals surface area contributed by atoms with Gasteiger partial charge in [-0.15, -0.1) is 5.10 Å². The van der Waals surface area contributed by atoms with E-state index in [0.29, 0.717) is 23.3 Å². The van der Waals surface area contributed by atoms with Crippen molar-refractivity contribution in [3.63, 3.8) is 0 Å². The average Bonchev–Trinajstić information content (AvgIpc) is 3.23. The minimum atomic E-state index is -0.440. The van der Waals surface area contributed by atoms with E-state index >= 15 is 0 Å². The topological polar surface area (TPSA) is 81.1 Å². The standard InChI is InChI=1S/C27H33N5O2S/c1-6-8-15-35-27-30-26-28-19(5)23(25(33)29-22-14-9-11-17(3)18(22)4)24(32(26)31-27)20-12-10-13-21(16-20)34-7-2/h9-14,16,24H,6-8,15H2,1-5H3,(H,29,33)(H,28,30,31). The summed E-state index contributed by atoms with van der Waals surface area (Å²) in [6, 6.07) is 13.3. The zero-order valence-electron chi connectivity index (χ0n) is 21.0. The number of benzene rings is 2. The van der Waals surface area contributed by atoms with Gasteiger partial charge in [0.1, 0.15) is 11.8 Å². The Bertz CT molecular complexity index is 1250. The second-order valence-corrected chi connectivity index (χ2v) is 9.70. The molecule has 1 atom stereocenters. The highest BCUT2D eigenvalue weighted by molar-refractivity contribution is 7.99. The van der Waals surface area contributed by atoms with Crippen LogP contribution in [-0.2, 0) is 4.79 Å². The smallest absolute Gasteiger partial charge is 0.255 e. The molecule has 0 saturated heterocycles. The van der Waals surface area contributed by atoms with Crippen molar-refractivity contribution in [2.45, 2.75) is 58.7 Å². The minimum Gasteiger partial charge on any atom is -0.494 e. The molecule has 2 heterocycles. The van der Waals surface area contributed by atoms with Gasteiger partial charge in [0.25, 0.3) is 5.91 Å². The summed E-state index contributed by atoms with van der Waals surface area (Å²) in [5.74, 6) is 2.18. The lowest BCUT2D eigenvalue weighted by atomic mass is 9.94. The van der Waals surface area contributed by atoms with E-state index in [4.69, 9.17) is 14.8 Å². The third kappa shape index (κ3) is 5.37. The lowest BCUT2D eigenvalue weighted by Gasteiger charge is -2.29. The second kappa shape index (κ2) is 11.0. The maximum Gasteiger partial charge on any atom is 0.255 e. The highest BCUT2D eigenvalue weighted by Gasteiger charge is 2.34. The summed E-state index contributed by atoms with van der Waals surface area (Å²) in [5.41, 5.74) is 5.25. The molecule has 0 spiro atoms. The van der Waals surface area contributed by atoms with Crippen LogP contribution in [0.15, 0.2) is 58.9 Å². The normalized spacial score (nSPS) is 14.9. The predicted octanol–water partition coefficient (Wildman–Crippen LogP) is 6.11. The molecule has 35 heavy (non-hydrogen) atoms. The van der Waals surface area contributed by atoms with Gasteiger partial charge in [0, 0.05) is 17.1 Å². The van der Waals surface area contributed by atoms with Crippen molar-refractivity contribution in [1.29, 1.82) is 0 Å². The van der Waals surface area contributed by atoms with Crippen LogP contribution in [0.1, 0.15) is 56.3 Å².